The van der Waals surface area contributed by atoms with E-state index in [1.807, 2.05) is 0 Å². The average molecular weight is 490 g/mol. The van der Waals surface area contributed by atoms with Gasteiger partial charge >= 0.3 is 0 Å². The summed E-state index contributed by atoms with van der Waals surface area (Å²) < 4.78 is 31.2. The van der Waals surface area contributed by atoms with Crippen molar-refractivity contribution in [2.75, 3.05) is 26.0 Å². The first kappa shape index (κ1) is 22.5. The molecule has 0 bridgehead atoms. The van der Waals surface area contributed by atoms with Gasteiger partial charge in [-0.15, -0.1) is 0 Å². The molecular formula is C18H15Cl3N4O4S. The van der Waals surface area contributed by atoms with Crippen LogP contribution in [-0.2, 0) is 14.8 Å². The SMILES string of the molecule is CN(C)S(=O)(=O)c1cc(NC(=O)COc2ncnc3c(Cl)cc(Cl)cc23)ccc1Cl. The molecule has 0 atom stereocenters. The molecule has 12 heteroatoms. The molecule has 1 amide bonds. The lowest BCUT2D eigenvalue weighted by molar-refractivity contribution is -0.118. The number of sulfonamides is 1. The predicted octanol–water partition coefficient (Wildman–Crippen LogP) is 3.86. The van der Waals surface area contributed by atoms with Gasteiger partial charge in [-0.1, -0.05) is 34.8 Å². The van der Waals surface area contributed by atoms with E-state index in [4.69, 9.17) is 39.5 Å². The minimum absolute atomic E-state index is 0.0409. The average Bonchev–Trinajstić information content (AvgIpc) is 2.67. The molecule has 0 aliphatic heterocycles. The Hall–Kier alpha value is -2.17. The zero-order chi connectivity index (χ0) is 22.1. The number of fused-ring (bicyclic) bond motifs is 1. The molecule has 0 aliphatic carbocycles. The van der Waals surface area contributed by atoms with Gasteiger partial charge in [0, 0.05) is 24.8 Å². The van der Waals surface area contributed by atoms with Crippen LogP contribution in [0.3, 0.4) is 0 Å². The molecule has 0 unspecified atom stereocenters. The second-order valence-electron chi connectivity index (χ2n) is 6.23. The molecule has 8 nitrogen and oxygen atoms in total. The summed E-state index contributed by atoms with van der Waals surface area (Å²) in [5.41, 5.74) is 0.676. The summed E-state index contributed by atoms with van der Waals surface area (Å²) in [4.78, 5) is 20.3. The fourth-order valence-corrected chi connectivity index (χ4v) is 4.43. The molecule has 158 valence electrons. The summed E-state index contributed by atoms with van der Waals surface area (Å²) in [7, 11) is -1.01. The third-order valence-electron chi connectivity index (χ3n) is 3.93. The Balaban J connectivity index is 1.77. The highest BCUT2D eigenvalue weighted by atomic mass is 35.5. The van der Waals surface area contributed by atoms with E-state index in [1.165, 1.54) is 44.7 Å². The van der Waals surface area contributed by atoms with Crippen LogP contribution in [0.15, 0.2) is 41.6 Å². The lowest BCUT2D eigenvalue weighted by Gasteiger charge is -2.14. The summed E-state index contributed by atoms with van der Waals surface area (Å²) in [5, 5.41) is 3.75. The van der Waals surface area contributed by atoms with Crippen LogP contribution in [0.4, 0.5) is 5.69 Å². The van der Waals surface area contributed by atoms with E-state index in [2.05, 4.69) is 15.3 Å². The van der Waals surface area contributed by atoms with E-state index >= 15 is 0 Å². The number of hydrogen-bond donors (Lipinski definition) is 1. The van der Waals surface area contributed by atoms with Crippen LogP contribution in [0.2, 0.25) is 15.1 Å². The molecule has 0 saturated heterocycles. The maximum Gasteiger partial charge on any atom is 0.262 e. The quantitative estimate of drug-likeness (QED) is 0.564. The number of carbonyl (C=O) groups is 1. The molecule has 0 radical (unpaired) electrons. The molecule has 0 saturated carbocycles. The highest BCUT2D eigenvalue weighted by Gasteiger charge is 2.21. The second-order valence-corrected chi connectivity index (χ2v) is 9.60. The summed E-state index contributed by atoms with van der Waals surface area (Å²) in [6, 6.07) is 7.25. The zero-order valence-corrected chi connectivity index (χ0v) is 18.8. The molecule has 2 aromatic carbocycles. The van der Waals surface area contributed by atoms with Crippen LogP contribution in [0, 0.1) is 0 Å². The number of amides is 1. The monoisotopic (exact) mass is 488 g/mol. The van der Waals surface area contributed by atoms with Gasteiger partial charge in [-0.25, -0.2) is 22.7 Å². The summed E-state index contributed by atoms with van der Waals surface area (Å²) in [6.45, 7) is -0.394. The van der Waals surface area contributed by atoms with Gasteiger partial charge in [0.25, 0.3) is 5.91 Å². The molecule has 0 spiro atoms. The van der Waals surface area contributed by atoms with Crippen molar-refractivity contribution in [3.63, 3.8) is 0 Å². The number of nitrogens with one attached hydrogen (secondary N) is 1. The van der Waals surface area contributed by atoms with Crippen molar-refractivity contribution in [2.45, 2.75) is 4.90 Å². The van der Waals surface area contributed by atoms with Crippen molar-refractivity contribution in [1.82, 2.24) is 14.3 Å². The van der Waals surface area contributed by atoms with E-state index in [0.717, 1.165) is 4.31 Å². The Morgan fingerprint density at radius 3 is 2.53 bits per heavy atom. The molecule has 3 rings (SSSR count). The Morgan fingerprint density at radius 1 is 1.10 bits per heavy atom. The van der Waals surface area contributed by atoms with E-state index in [-0.39, 0.29) is 21.5 Å². The Labute approximate surface area is 187 Å². The Bertz CT molecular complexity index is 1240. The van der Waals surface area contributed by atoms with E-state index < -0.39 is 22.5 Å². The lowest BCUT2D eigenvalue weighted by Crippen LogP contribution is -2.23. The minimum atomic E-state index is -3.78. The van der Waals surface area contributed by atoms with Gasteiger partial charge in [0.1, 0.15) is 11.2 Å². The van der Waals surface area contributed by atoms with Gasteiger partial charge in [0.2, 0.25) is 15.9 Å². The standard InChI is InChI=1S/C18H15Cl3N4O4S/c1-25(2)30(27,28)15-7-11(3-4-13(15)20)24-16(26)8-29-18-12-5-10(19)6-14(21)17(12)22-9-23-18/h3-7,9H,8H2,1-2H3,(H,24,26). The molecule has 30 heavy (non-hydrogen) atoms. The number of carbonyl (C=O) groups excluding carboxylic acids is 1. The van der Waals surface area contributed by atoms with Crippen molar-refractivity contribution >= 4 is 67.3 Å². The number of nitrogens with zero attached hydrogens (tertiary/aromatic N) is 3. The first-order valence-electron chi connectivity index (χ1n) is 8.34. The van der Waals surface area contributed by atoms with Gasteiger partial charge in [-0.05, 0) is 30.3 Å². The van der Waals surface area contributed by atoms with Gasteiger partial charge in [-0.3, -0.25) is 4.79 Å². The summed E-state index contributed by atoms with van der Waals surface area (Å²) in [5.74, 6) is -0.406. The molecule has 0 fully saturated rings. The maximum atomic E-state index is 12.3. The van der Waals surface area contributed by atoms with Crippen molar-refractivity contribution in [2.24, 2.45) is 0 Å². The highest BCUT2D eigenvalue weighted by molar-refractivity contribution is 7.89. The molecule has 3 aromatic rings. The smallest absolute Gasteiger partial charge is 0.262 e. The molecule has 1 heterocycles. The van der Waals surface area contributed by atoms with Gasteiger partial charge in [0.05, 0.1) is 20.9 Å². The predicted molar refractivity (Wildman–Crippen MR) is 116 cm³/mol. The molecule has 1 N–H and O–H groups in total. The normalized spacial score (nSPS) is 11.7. The molecular weight excluding hydrogens is 475 g/mol. The highest BCUT2D eigenvalue weighted by Crippen LogP contribution is 2.31. The fraction of sp³-hybridized carbons (Fsp3) is 0.167. The van der Waals surface area contributed by atoms with Crippen LogP contribution >= 0.6 is 34.8 Å². The van der Waals surface area contributed by atoms with Crippen molar-refractivity contribution in [3.8, 4) is 5.88 Å². The summed E-state index contributed by atoms with van der Waals surface area (Å²) >= 11 is 18.1. The number of ether oxygens (including phenoxy) is 1. The summed E-state index contributed by atoms with van der Waals surface area (Å²) in [6.07, 6.45) is 1.26. The minimum Gasteiger partial charge on any atom is -0.467 e. The van der Waals surface area contributed by atoms with E-state index in [1.54, 1.807) is 6.07 Å². The third-order valence-corrected chi connectivity index (χ3v) is 6.74. The van der Waals surface area contributed by atoms with Gasteiger partial charge in [0.15, 0.2) is 6.61 Å². The zero-order valence-electron chi connectivity index (χ0n) is 15.7. The van der Waals surface area contributed by atoms with Crippen LogP contribution in [0.5, 0.6) is 5.88 Å². The van der Waals surface area contributed by atoms with Crippen molar-refractivity contribution in [3.05, 3.63) is 51.7 Å². The number of rotatable bonds is 6. The van der Waals surface area contributed by atoms with Crippen molar-refractivity contribution < 1.29 is 17.9 Å². The lowest BCUT2D eigenvalue weighted by atomic mass is 10.2. The number of anilines is 1. The largest absolute Gasteiger partial charge is 0.467 e. The maximum absolute atomic E-state index is 12.3. The number of benzene rings is 2. The second kappa shape index (κ2) is 8.91. The van der Waals surface area contributed by atoms with Crippen LogP contribution < -0.4 is 10.1 Å². The van der Waals surface area contributed by atoms with Crippen LogP contribution in [-0.4, -0.2) is 49.3 Å². The van der Waals surface area contributed by atoms with E-state index in [9.17, 15) is 13.2 Å². The number of hydrogen-bond acceptors (Lipinski definition) is 6. The fourth-order valence-electron chi connectivity index (χ4n) is 2.49. The van der Waals surface area contributed by atoms with Crippen molar-refractivity contribution in [1.29, 1.82) is 0 Å². The Morgan fingerprint density at radius 2 is 1.83 bits per heavy atom. The first-order valence-corrected chi connectivity index (χ1v) is 10.9. The number of halogens is 3. The van der Waals surface area contributed by atoms with E-state index in [0.29, 0.717) is 20.9 Å². The van der Waals surface area contributed by atoms with Gasteiger partial charge in [-0.2, -0.15) is 0 Å². The van der Waals surface area contributed by atoms with Crippen LogP contribution in [0.1, 0.15) is 0 Å². The molecule has 1 aromatic heterocycles. The Kier molecular flexibility index (Phi) is 6.68. The number of aromatic nitrogens is 2. The first-order chi connectivity index (χ1) is 14.1. The van der Waals surface area contributed by atoms with Gasteiger partial charge < -0.3 is 10.1 Å². The topological polar surface area (TPSA) is 101 Å². The van der Waals surface area contributed by atoms with Crippen LogP contribution in [0.25, 0.3) is 10.9 Å². The molecule has 0 aliphatic rings. The third kappa shape index (κ3) is 4.76.